The van der Waals surface area contributed by atoms with Gasteiger partial charge in [-0.05, 0) is 32.4 Å². The summed E-state index contributed by atoms with van der Waals surface area (Å²) in [5, 5.41) is 10.6. The van der Waals surface area contributed by atoms with Gasteiger partial charge in [-0.2, -0.15) is 0 Å². The molecule has 1 atom stereocenters. The summed E-state index contributed by atoms with van der Waals surface area (Å²) < 4.78 is 24.7. The lowest BCUT2D eigenvalue weighted by Gasteiger charge is -2.18. The lowest BCUT2D eigenvalue weighted by Crippen LogP contribution is -2.41. The molecule has 0 saturated heterocycles. The number of benzene rings is 1. The molecule has 0 spiro atoms. The van der Waals surface area contributed by atoms with E-state index in [0.717, 1.165) is 36.4 Å². The highest BCUT2D eigenvalue weighted by molar-refractivity contribution is 5.79. The molecule has 1 unspecified atom stereocenters. The molecular formula is C20H29FN4O2. The molecule has 27 heavy (non-hydrogen) atoms. The smallest absolute Gasteiger partial charge is 0.191 e. The zero-order valence-corrected chi connectivity index (χ0v) is 16.5. The number of nitrogens with one attached hydrogen (secondary N) is 2. The number of aliphatic imine (C=N–C) groups is 1. The Hall–Kier alpha value is -2.57. The van der Waals surface area contributed by atoms with Crippen LogP contribution in [0.2, 0.25) is 0 Å². The van der Waals surface area contributed by atoms with Gasteiger partial charge in [0, 0.05) is 18.5 Å². The van der Waals surface area contributed by atoms with E-state index >= 15 is 0 Å². The molecule has 0 amide bonds. The minimum Gasteiger partial charge on any atom is -0.486 e. The van der Waals surface area contributed by atoms with Gasteiger partial charge in [-0.3, -0.25) is 0 Å². The van der Waals surface area contributed by atoms with Crippen LogP contribution in [0.1, 0.15) is 44.7 Å². The highest BCUT2D eigenvalue weighted by Crippen LogP contribution is 2.17. The summed E-state index contributed by atoms with van der Waals surface area (Å²) in [7, 11) is 0. The summed E-state index contributed by atoms with van der Waals surface area (Å²) in [4.78, 5) is 4.63. The van der Waals surface area contributed by atoms with E-state index in [0.29, 0.717) is 19.0 Å². The first-order valence-electron chi connectivity index (χ1n) is 9.48. The van der Waals surface area contributed by atoms with Crippen LogP contribution in [-0.4, -0.2) is 30.3 Å². The Morgan fingerprint density at radius 3 is 2.67 bits per heavy atom. The number of guanidine groups is 1. The van der Waals surface area contributed by atoms with Gasteiger partial charge in [0.2, 0.25) is 0 Å². The van der Waals surface area contributed by atoms with Crippen LogP contribution in [0.4, 0.5) is 4.39 Å². The summed E-state index contributed by atoms with van der Waals surface area (Å²) in [6.07, 6.45) is 1.38. The molecule has 7 heteroatoms. The topological polar surface area (TPSA) is 71.7 Å². The van der Waals surface area contributed by atoms with E-state index in [1.807, 2.05) is 20.8 Å². The molecule has 1 aromatic carbocycles. The quantitative estimate of drug-likeness (QED) is 0.518. The van der Waals surface area contributed by atoms with Crippen LogP contribution in [0.5, 0.6) is 5.75 Å². The summed E-state index contributed by atoms with van der Waals surface area (Å²) in [5.41, 5.74) is 2.00. The lowest BCUT2D eigenvalue weighted by atomic mass is 10.1. The third-order valence-corrected chi connectivity index (χ3v) is 4.07. The van der Waals surface area contributed by atoms with Crippen LogP contribution >= 0.6 is 0 Å². The Bertz CT molecular complexity index is 724. The molecular weight excluding hydrogens is 347 g/mol. The Morgan fingerprint density at radius 2 is 2.00 bits per heavy atom. The zero-order chi connectivity index (χ0) is 19.6. The lowest BCUT2D eigenvalue weighted by molar-refractivity contribution is 0.214. The van der Waals surface area contributed by atoms with Crippen molar-refractivity contribution >= 4 is 5.96 Å². The fourth-order valence-corrected chi connectivity index (χ4v) is 2.66. The van der Waals surface area contributed by atoms with Crippen molar-refractivity contribution in [2.24, 2.45) is 4.99 Å². The molecule has 6 nitrogen and oxygen atoms in total. The monoisotopic (exact) mass is 376 g/mol. The predicted octanol–water partition coefficient (Wildman–Crippen LogP) is 3.46. The van der Waals surface area contributed by atoms with Crippen LogP contribution in [0.25, 0.3) is 0 Å². The van der Waals surface area contributed by atoms with E-state index in [-0.39, 0.29) is 17.7 Å². The summed E-state index contributed by atoms with van der Waals surface area (Å²) >= 11 is 0. The summed E-state index contributed by atoms with van der Waals surface area (Å²) in [6.45, 7) is 9.70. The minimum atomic E-state index is -0.364. The van der Waals surface area contributed by atoms with Crippen molar-refractivity contribution in [1.29, 1.82) is 0 Å². The third kappa shape index (κ3) is 5.98. The van der Waals surface area contributed by atoms with Crippen molar-refractivity contribution in [2.45, 2.75) is 53.2 Å². The number of nitrogens with zero attached hydrogens (tertiary/aromatic N) is 2. The average Bonchev–Trinajstić information content (AvgIpc) is 3.07. The van der Waals surface area contributed by atoms with E-state index in [1.54, 1.807) is 18.2 Å². The van der Waals surface area contributed by atoms with E-state index < -0.39 is 0 Å². The van der Waals surface area contributed by atoms with Gasteiger partial charge in [0.1, 0.15) is 11.9 Å². The number of halogens is 1. The van der Waals surface area contributed by atoms with Crippen molar-refractivity contribution in [3.63, 3.8) is 0 Å². The maximum Gasteiger partial charge on any atom is 0.191 e. The molecule has 0 bridgehead atoms. The summed E-state index contributed by atoms with van der Waals surface area (Å²) in [6, 6.07) is 6.40. The molecule has 1 heterocycles. The number of aromatic nitrogens is 1. The molecule has 0 fully saturated rings. The van der Waals surface area contributed by atoms with Crippen LogP contribution in [0.3, 0.4) is 0 Å². The summed E-state index contributed by atoms with van der Waals surface area (Å²) in [5.74, 6) is 1.43. The maximum absolute atomic E-state index is 13.7. The highest BCUT2D eigenvalue weighted by atomic mass is 19.1. The van der Waals surface area contributed by atoms with Gasteiger partial charge in [-0.25, -0.2) is 9.38 Å². The first-order valence-corrected chi connectivity index (χ1v) is 9.48. The van der Waals surface area contributed by atoms with Crippen molar-refractivity contribution < 1.29 is 13.7 Å². The van der Waals surface area contributed by atoms with E-state index in [2.05, 4.69) is 27.7 Å². The van der Waals surface area contributed by atoms with Gasteiger partial charge in [-0.15, -0.1) is 0 Å². The maximum atomic E-state index is 13.7. The van der Waals surface area contributed by atoms with Gasteiger partial charge in [0.25, 0.3) is 0 Å². The number of ether oxygens (including phenoxy) is 1. The van der Waals surface area contributed by atoms with E-state index in [1.165, 1.54) is 6.07 Å². The second kappa shape index (κ2) is 10.5. The standard InChI is InChI=1S/C20H29FN4O2/c1-5-17-15(18(6-2)27-25-17)13-24-20(22-7-3)23-12-14(4)26-19-11-9-8-10-16(19)21/h8-11,14H,5-7,12-13H2,1-4H3,(H2,22,23,24). The number of hydrogen-bond acceptors (Lipinski definition) is 4. The largest absolute Gasteiger partial charge is 0.486 e. The van der Waals surface area contributed by atoms with Gasteiger partial charge >= 0.3 is 0 Å². The molecule has 0 aliphatic rings. The van der Waals surface area contributed by atoms with Crippen LogP contribution in [0.15, 0.2) is 33.8 Å². The normalized spacial score (nSPS) is 12.7. The van der Waals surface area contributed by atoms with Crippen molar-refractivity contribution in [3.05, 3.63) is 47.1 Å². The van der Waals surface area contributed by atoms with Gasteiger partial charge in [0.15, 0.2) is 17.5 Å². The van der Waals surface area contributed by atoms with Crippen LogP contribution in [0, 0.1) is 5.82 Å². The first kappa shape index (κ1) is 20.7. The number of aryl methyl sites for hydroxylation is 2. The minimum absolute atomic E-state index is 0.223. The Labute approximate surface area is 160 Å². The van der Waals surface area contributed by atoms with Gasteiger partial charge in [-0.1, -0.05) is 31.1 Å². The molecule has 0 radical (unpaired) electrons. The Balaban J connectivity index is 1.97. The van der Waals surface area contributed by atoms with E-state index in [4.69, 9.17) is 9.26 Å². The van der Waals surface area contributed by atoms with Crippen molar-refractivity contribution in [2.75, 3.05) is 13.1 Å². The van der Waals surface area contributed by atoms with Gasteiger partial charge < -0.3 is 19.9 Å². The van der Waals surface area contributed by atoms with Crippen molar-refractivity contribution in [3.8, 4) is 5.75 Å². The van der Waals surface area contributed by atoms with Crippen molar-refractivity contribution in [1.82, 2.24) is 15.8 Å². The molecule has 0 saturated carbocycles. The molecule has 148 valence electrons. The third-order valence-electron chi connectivity index (χ3n) is 4.07. The van der Waals surface area contributed by atoms with Crippen LogP contribution in [-0.2, 0) is 19.4 Å². The predicted molar refractivity (Wildman–Crippen MR) is 105 cm³/mol. The van der Waals surface area contributed by atoms with Crippen LogP contribution < -0.4 is 15.4 Å². The molecule has 2 aromatic rings. The van der Waals surface area contributed by atoms with E-state index in [9.17, 15) is 4.39 Å². The molecule has 2 rings (SSSR count). The average molecular weight is 376 g/mol. The molecule has 0 aliphatic heterocycles. The Morgan fingerprint density at radius 1 is 1.22 bits per heavy atom. The second-order valence-electron chi connectivity index (χ2n) is 6.17. The van der Waals surface area contributed by atoms with Gasteiger partial charge in [0.05, 0.1) is 18.8 Å². The molecule has 1 aromatic heterocycles. The SMILES string of the molecule is CCNC(=NCc1c(CC)noc1CC)NCC(C)Oc1ccccc1F. The second-order valence-corrected chi connectivity index (χ2v) is 6.17. The Kier molecular flexibility index (Phi) is 8.10. The molecule has 0 aliphatic carbocycles. The number of hydrogen-bond donors (Lipinski definition) is 2. The number of rotatable bonds is 9. The molecule has 2 N–H and O–H groups in total. The zero-order valence-electron chi connectivity index (χ0n) is 16.5. The fourth-order valence-electron chi connectivity index (χ4n) is 2.66. The fraction of sp³-hybridized carbons (Fsp3) is 0.500. The number of para-hydroxylation sites is 1. The first-order chi connectivity index (χ1) is 13.1. The highest BCUT2D eigenvalue weighted by Gasteiger charge is 2.13.